The number of nitrogens with zero attached hydrogens (tertiary/aromatic N) is 1. The van der Waals surface area contributed by atoms with E-state index in [2.05, 4.69) is 0 Å². The Kier molecular flexibility index (Phi) is 4.17. The maximum atomic E-state index is 12.9. The molecule has 0 atom stereocenters. The van der Waals surface area contributed by atoms with Gasteiger partial charge in [0, 0.05) is 17.1 Å². The van der Waals surface area contributed by atoms with E-state index in [1.807, 2.05) is 13.8 Å². The molecule has 2 rings (SSSR count). The van der Waals surface area contributed by atoms with Crippen molar-refractivity contribution in [3.8, 4) is 0 Å². The Balaban J connectivity index is 2.58. The van der Waals surface area contributed by atoms with Crippen LogP contribution in [0.25, 0.3) is 0 Å². The topological polar surface area (TPSA) is 57.6 Å². The molecule has 112 valence electrons. The van der Waals surface area contributed by atoms with Crippen molar-refractivity contribution in [1.82, 2.24) is 4.31 Å². The van der Waals surface area contributed by atoms with Gasteiger partial charge in [-0.1, -0.05) is 11.6 Å². The predicted octanol–water partition coefficient (Wildman–Crippen LogP) is 2.70. The van der Waals surface area contributed by atoms with E-state index in [1.54, 1.807) is 17.3 Å². The standard InChI is InChI=1S/C14H20ClNO3S/c1-10-11(9-17)7-12(15)8-13(10)20(18,19)16-6-4-5-14(16,2)3/h7-8,17H,4-6,9H2,1-3H3. The lowest BCUT2D eigenvalue weighted by atomic mass is 10.0. The van der Waals surface area contributed by atoms with Gasteiger partial charge < -0.3 is 5.11 Å². The van der Waals surface area contributed by atoms with Crippen LogP contribution in [0.5, 0.6) is 0 Å². The number of hydrogen-bond acceptors (Lipinski definition) is 3. The van der Waals surface area contributed by atoms with E-state index in [0.29, 0.717) is 22.7 Å². The summed E-state index contributed by atoms with van der Waals surface area (Å²) in [6.45, 7) is 5.88. The van der Waals surface area contributed by atoms with E-state index in [9.17, 15) is 13.5 Å². The van der Waals surface area contributed by atoms with Crippen LogP contribution in [0.1, 0.15) is 37.8 Å². The van der Waals surface area contributed by atoms with Crippen LogP contribution in [0.15, 0.2) is 17.0 Å². The molecule has 0 unspecified atom stereocenters. The van der Waals surface area contributed by atoms with Gasteiger partial charge in [0.1, 0.15) is 0 Å². The molecule has 4 nitrogen and oxygen atoms in total. The second-order valence-electron chi connectivity index (χ2n) is 5.84. The summed E-state index contributed by atoms with van der Waals surface area (Å²) in [4.78, 5) is 0.198. The van der Waals surface area contributed by atoms with Crippen molar-refractivity contribution < 1.29 is 13.5 Å². The Bertz CT molecular complexity index is 626. The first-order chi connectivity index (χ1) is 9.20. The maximum absolute atomic E-state index is 12.9. The monoisotopic (exact) mass is 317 g/mol. The Morgan fingerprint density at radius 3 is 2.55 bits per heavy atom. The Hall–Kier alpha value is -0.620. The Morgan fingerprint density at radius 1 is 1.40 bits per heavy atom. The smallest absolute Gasteiger partial charge is 0.243 e. The van der Waals surface area contributed by atoms with E-state index >= 15 is 0 Å². The molecule has 1 aromatic rings. The number of aliphatic hydroxyl groups excluding tert-OH is 1. The second kappa shape index (κ2) is 5.30. The molecule has 6 heteroatoms. The molecule has 1 heterocycles. The minimum absolute atomic E-state index is 0.198. The van der Waals surface area contributed by atoms with Gasteiger partial charge in [-0.2, -0.15) is 4.31 Å². The zero-order valence-electron chi connectivity index (χ0n) is 12.0. The molecule has 0 saturated carbocycles. The average molecular weight is 318 g/mol. The van der Waals surface area contributed by atoms with Crippen molar-refractivity contribution in [1.29, 1.82) is 0 Å². The van der Waals surface area contributed by atoms with Gasteiger partial charge >= 0.3 is 0 Å². The van der Waals surface area contributed by atoms with Gasteiger partial charge in [0.05, 0.1) is 11.5 Å². The van der Waals surface area contributed by atoms with Crippen molar-refractivity contribution in [2.75, 3.05) is 6.54 Å². The van der Waals surface area contributed by atoms with E-state index in [1.165, 1.54) is 6.07 Å². The molecule has 0 amide bonds. The third kappa shape index (κ3) is 2.60. The number of rotatable bonds is 3. The van der Waals surface area contributed by atoms with Crippen LogP contribution in [0.2, 0.25) is 5.02 Å². The van der Waals surface area contributed by atoms with Crippen molar-refractivity contribution >= 4 is 21.6 Å². The molecule has 1 saturated heterocycles. The highest BCUT2D eigenvalue weighted by atomic mass is 35.5. The number of sulfonamides is 1. The summed E-state index contributed by atoms with van der Waals surface area (Å²) in [6.07, 6.45) is 1.71. The van der Waals surface area contributed by atoms with E-state index in [0.717, 1.165) is 12.8 Å². The van der Waals surface area contributed by atoms with Crippen LogP contribution in [-0.2, 0) is 16.6 Å². The van der Waals surface area contributed by atoms with E-state index < -0.39 is 10.0 Å². The minimum atomic E-state index is -3.59. The largest absolute Gasteiger partial charge is 0.392 e. The number of benzene rings is 1. The predicted molar refractivity (Wildman–Crippen MR) is 79.3 cm³/mol. The fraction of sp³-hybridized carbons (Fsp3) is 0.571. The van der Waals surface area contributed by atoms with Crippen LogP contribution in [0.4, 0.5) is 0 Å². The summed E-state index contributed by atoms with van der Waals surface area (Å²) in [5.74, 6) is 0. The Morgan fingerprint density at radius 2 is 2.05 bits per heavy atom. The molecule has 0 bridgehead atoms. The zero-order chi connectivity index (χ0) is 15.1. The number of aliphatic hydroxyl groups is 1. The van der Waals surface area contributed by atoms with Gasteiger partial charge in [-0.05, 0) is 56.9 Å². The summed E-state index contributed by atoms with van der Waals surface area (Å²) in [6, 6.07) is 3.07. The lowest BCUT2D eigenvalue weighted by Crippen LogP contribution is -2.42. The van der Waals surface area contributed by atoms with Crippen LogP contribution in [0.3, 0.4) is 0 Å². The molecule has 1 aliphatic rings. The third-order valence-electron chi connectivity index (χ3n) is 4.00. The summed E-state index contributed by atoms with van der Waals surface area (Å²) in [5, 5.41) is 9.66. The Labute approximate surface area is 125 Å². The highest BCUT2D eigenvalue weighted by Gasteiger charge is 2.41. The first-order valence-electron chi connectivity index (χ1n) is 6.63. The number of halogens is 1. The first kappa shape index (κ1) is 15.8. The average Bonchev–Trinajstić information content (AvgIpc) is 2.71. The molecule has 0 aliphatic carbocycles. The fourth-order valence-corrected chi connectivity index (χ4v) is 5.24. The molecule has 1 aliphatic heterocycles. The van der Waals surface area contributed by atoms with Crippen LogP contribution >= 0.6 is 11.6 Å². The van der Waals surface area contributed by atoms with Crippen LogP contribution in [0, 0.1) is 6.92 Å². The highest BCUT2D eigenvalue weighted by Crippen LogP contribution is 2.36. The van der Waals surface area contributed by atoms with Crippen molar-refractivity contribution in [2.24, 2.45) is 0 Å². The van der Waals surface area contributed by atoms with E-state index in [4.69, 9.17) is 11.6 Å². The molecule has 1 fully saturated rings. The van der Waals surface area contributed by atoms with Crippen molar-refractivity contribution in [3.05, 3.63) is 28.3 Å². The summed E-state index contributed by atoms with van der Waals surface area (Å²) in [7, 11) is -3.59. The maximum Gasteiger partial charge on any atom is 0.243 e. The van der Waals surface area contributed by atoms with Crippen LogP contribution < -0.4 is 0 Å². The lowest BCUT2D eigenvalue weighted by Gasteiger charge is -2.31. The van der Waals surface area contributed by atoms with E-state index in [-0.39, 0.29) is 17.0 Å². The first-order valence-corrected chi connectivity index (χ1v) is 8.44. The SMILES string of the molecule is Cc1c(CO)cc(Cl)cc1S(=O)(=O)N1CCCC1(C)C. The quantitative estimate of drug-likeness (QED) is 0.932. The highest BCUT2D eigenvalue weighted by molar-refractivity contribution is 7.89. The minimum Gasteiger partial charge on any atom is -0.392 e. The second-order valence-corrected chi connectivity index (χ2v) is 8.11. The van der Waals surface area contributed by atoms with Gasteiger partial charge in [-0.25, -0.2) is 8.42 Å². The summed E-state index contributed by atoms with van der Waals surface area (Å²) >= 11 is 5.99. The number of hydrogen-bond donors (Lipinski definition) is 1. The molecule has 1 aromatic carbocycles. The zero-order valence-corrected chi connectivity index (χ0v) is 13.6. The van der Waals surface area contributed by atoms with Crippen molar-refractivity contribution in [3.63, 3.8) is 0 Å². The molecule has 20 heavy (non-hydrogen) atoms. The lowest BCUT2D eigenvalue weighted by molar-refractivity contribution is 0.280. The van der Waals surface area contributed by atoms with Gasteiger partial charge in [-0.3, -0.25) is 0 Å². The molecule has 0 aromatic heterocycles. The molecular weight excluding hydrogens is 298 g/mol. The van der Waals surface area contributed by atoms with Gasteiger partial charge in [0.2, 0.25) is 10.0 Å². The summed E-state index contributed by atoms with van der Waals surface area (Å²) in [5.41, 5.74) is 0.736. The molecule has 0 spiro atoms. The fourth-order valence-electron chi connectivity index (χ4n) is 2.79. The van der Waals surface area contributed by atoms with Gasteiger partial charge in [-0.15, -0.1) is 0 Å². The third-order valence-corrected chi connectivity index (χ3v) is 6.45. The van der Waals surface area contributed by atoms with Crippen LogP contribution in [-0.4, -0.2) is 29.9 Å². The molecule has 1 N–H and O–H groups in total. The normalized spacial score (nSPS) is 19.4. The van der Waals surface area contributed by atoms with Gasteiger partial charge in [0.25, 0.3) is 0 Å². The van der Waals surface area contributed by atoms with Crippen molar-refractivity contribution in [2.45, 2.75) is 50.7 Å². The molecular formula is C14H20ClNO3S. The summed E-state index contributed by atoms with van der Waals surface area (Å²) < 4.78 is 27.3. The van der Waals surface area contributed by atoms with Gasteiger partial charge in [0.15, 0.2) is 0 Å². The molecule has 0 radical (unpaired) electrons.